The third-order valence-corrected chi connectivity index (χ3v) is 3.33. The van der Waals surface area contributed by atoms with Gasteiger partial charge in [0.2, 0.25) is 10.9 Å². The van der Waals surface area contributed by atoms with Gasteiger partial charge < -0.3 is 14.2 Å². The second-order valence-corrected chi connectivity index (χ2v) is 5.71. The molecule has 0 atom stereocenters. The maximum Gasteiger partial charge on any atom is 0.294 e. The molecule has 0 saturated heterocycles. The zero-order valence-electron chi connectivity index (χ0n) is 9.93. The van der Waals surface area contributed by atoms with Gasteiger partial charge in [0.05, 0.1) is 0 Å². The lowest BCUT2D eigenvalue weighted by Gasteiger charge is -2.17. The van der Waals surface area contributed by atoms with Crippen LogP contribution in [0.5, 0.6) is 5.19 Å². The number of rotatable bonds is 5. The maximum absolute atomic E-state index is 5.49. The normalized spacial score (nSPS) is 17.2. The summed E-state index contributed by atoms with van der Waals surface area (Å²) in [6.45, 7) is 6.06. The summed E-state index contributed by atoms with van der Waals surface area (Å²) in [5.41, 5.74) is 0. The van der Waals surface area contributed by atoms with E-state index in [0.717, 1.165) is 10.9 Å². The lowest BCUT2D eigenvalue weighted by Crippen LogP contribution is -2.21. The molecule has 1 aliphatic rings. The fraction of sp³-hybridized carbons (Fsp3) is 0.600. The molecule has 1 aromatic heterocycles. The summed E-state index contributed by atoms with van der Waals surface area (Å²) in [5, 5.41) is 1.31. The molecule has 0 aromatic carbocycles. The van der Waals surface area contributed by atoms with Crippen LogP contribution in [0.25, 0.3) is 0 Å². The molecule has 0 unspecified atom stereocenters. The summed E-state index contributed by atoms with van der Waals surface area (Å²) in [4.78, 5) is 4.22. The van der Waals surface area contributed by atoms with E-state index in [4.69, 9.17) is 14.2 Å². The summed E-state index contributed by atoms with van der Waals surface area (Å²) in [5.74, 6) is 1.02. The van der Waals surface area contributed by atoms with E-state index >= 15 is 0 Å². The highest BCUT2D eigenvalue weighted by molar-refractivity contribution is 7.99. The molecule has 0 amide bonds. The van der Waals surface area contributed by atoms with Crippen LogP contribution >= 0.6 is 23.3 Å². The van der Waals surface area contributed by atoms with Crippen LogP contribution in [0.3, 0.4) is 0 Å². The molecule has 0 aliphatic carbocycles. The minimum absolute atomic E-state index is 0.314. The summed E-state index contributed by atoms with van der Waals surface area (Å²) < 4.78 is 20.4. The highest BCUT2D eigenvalue weighted by Crippen LogP contribution is 2.26. The van der Waals surface area contributed by atoms with Crippen molar-refractivity contribution in [1.29, 1.82) is 0 Å². The Hall–Kier alpha value is -0.950. The van der Waals surface area contributed by atoms with Gasteiger partial charge in [-0.2, -0.15) is 9.36 Å². The van der Waals surface area contributed by atoms with Crippen molar-refractivity contribution in [2.75, 3.05) is 12.4 Å². The van der Waals surface area contributed by atoms with Crippen LogP contribution in [-0.2, 0) is 9.47 Å². The van der Waals surface area contributed by atoms with Crippen LogP contribution < -0.4 is 4.74 Å². The fourth-order valence-electron chi connectivity index (χ4n) is 1.21. The van der Waals surface area contributed by atoms with Gasteiger partial charge in [-0.3, -0.25) is 0 Å². The second kappa shape index (κ2) is 5.14. The van der Waals surface area contributed by atoms with Crippen LogP contribution in [0.2, 0.25) is 0 Å². The van der Waals surface area contributed by atoms with E-state index in [1.807, 2.05) is 13.8 Å². The first-order valence-corrected chi connectivity index (χ1v) is 7.00. The molecule has 17 heavy (non-hydrogen) atoms. The number of nitrogens with zero attached hydrogens (tertiary/aromatic N) is 2. The molecule has 0 bridgehead atoms. The first-order chi connectivity index (χ1) is 8.09. The molecule has 7 heteroatoms. The van der Waals surface area contributed by atoms with E-state index in [1.165, 1.54) is 11.5 Å². The van der Waals surface area contributed by atoms with Gasteiger partial charge in [0.25, 0.3) is 5.19 Å². The lowest BCUT2D eigenvalue weighted by atomic mass is 10.4. The minimum Gasteiger partial charge on any atom is -0.461 e. The zero-order chi connectivity index (χ0) is 12.3. The van der Waals surface area contributed by atoms with E-state index in [2.05, 4.69) is 16.3 Å². The molecule has 0 N–H and O–H groups in total. The highest BCUT2D eigenvalue weighted by atomic mass is 32.2. The minimum atomic E-state index is -0.594. The van der Waals surface area contributed by atoms with E-state index in [1.54, 1.807) is 18.0 Å². The largest absolute Gasteiger partial charge is 0.461 e. The number of hydrogen-bond donors (Lipinski definition) is 0. The molecule has 0 saturated carbocycles. The van der Waals surface area contributed by atoms with E-state index < -0.39 is 5.79 Å². The van der Waals surface area contributed by atoms with Crippen LogP contribution in [0.4, 0.5) is 0 Å². The van der Waals surface area contributed by atoms with E-state index in [-0.39, 0.29) is 0 Å². The predicted molar refractivity (Wildman–Crippen MR) is 66.1 cm³/mol. The monoisotopic (exact) mass is 274 g/mol. The van der Waals surface area contributed by atoms with E-state index in [9.17, 15) is 0 Å². The SMILES string of the molecule is CCSc1nsc(OCC2=COC(C)(C)O2)n1. The highest BCUT2D eigenvalue weighted by Gasteiger charge is 2.27. The van der Waals surface area contributed by atoms with Gasteiger partial charge in [-0.05, 0) is 5.75 Å². The Labute approximate surface area is 108 Å². The molecular weight excluding hydrogens is 260 g/mol. The predicted octanol–water partition coefficient (Wildman–Crippen LogP) is 2.65. The maximum atomic E-state index is 5.49. The van der Waals surface area contributed by atoms with Crippen LogP contribution in [0.15, 0.2) is 17.2 Å². The number of hydrogen-bond acceptors (Lipinski definition) is 7. The number of aromatic nitrogens is 2. The average molecular weight is 274 g/mol. The Kier molecular flexibility index (Phi) is 3.78. The van der Waals surface area contributed by atoms with Crippen molar-refractivity contribution in [3.63, 3.8) is 0 Å². The van der Waals surface area contributed by atoms with Gasteiger partial charge in [-0.25, -0.2) is 0 Å². The van der Waals surface area contributed by atoms with Crippen molar-refractivity contribution in [2.24, 2.45) is 0 Å². The lowest BCUT2D eigenvalue weighted by molar-refractivity contribution is -0.119. The van der Waals surface area contributed by atoms with Gasteiger partial charge in [0.1, 0.15) is 6.26 Å². The standard InChI is InChI=1S/C10H14N2O3S2/c1-4-16-8-11-9(17-12-8)13-5-7-6-14-10(2,3)15-7/h6H,4-5H2,1-3H3. The zero-order valence-corrected chi connectivity index (χ0v) is 11.6. The quantitative estimate of drug-likeness (QED) is 0.769. The summed E-state index contributed by atoms with van der Waals surface area (Å²) in [6.07, 6.45) is 1.57. The molecule has 0 fully saturated rings. The first-order valence-electron chi connectivity index (χ1n) is 5.24. The van der Waals surface area contributed by atoms with Crippen molar-refractivity contribution in [1.82, 2.24) is 9.36 Å². The van der Waals surface area contributed by atoms with Gasteiger partial charge in [0, 0.05) is 25.4 Å². The summed E-state index contributed by atoms with van der Waals surface area (Å²) in [7, 11) is 0. The van der Waals surface area contributed by atoms with Crippen molar-refractivity contribution < 1.29 is 14.2 Å². The first kappa shape index (κ1) is 12.5. The van der Waals surface area contributed by atoms with Crippen molar-refractivity contribution in [3.8, 4) is 5.19 Å². The van der Waals surface area contributed by atoms with Crippen molar-refractivity contribution >= 4 is 23.3 Å². The molecule has 1 aromatic rings. The Morgan fingerprint density at radius 1 is 1.53 bits per heavy atom. The Morgan fingerprint density at radius 3 is 3.00 bits per heavy atom. The van der Waals surface area contributed by atoms with Crippen LogP contribution in [-0.4, -0.2) is 27.5 Å². The topological polar surface area (TPSA) is 53.5 Å². The molecule has 2 rings (SSSR count). The molecule has 0 radical (unpaired) electrons. The Morgan fingerprint density at radius 2 is 2.35 bits per heavy atom. The average Bonchev–Trinajstić information content (AvgIpc) is 2.83. The molecule has 94 valence electrons. The molecule has 5 nitrogen and oxygen atoms in total. The smallest absolute Gasteiger partial charge is 0.294 e. The van der Waals surface area contributed by atoms with Crippen LogP contribution in [0, 0.1) is 0 Å². The Balaban J connectivity index is 1.82. The van der Waals surface area contributed by atoms with E-state index in [0.29, 0.717) is 17.6 Å². The summed E-state index contributed by atoms with van der Waals surface area (Å²) in [6, 6.07) is 0. The Bertz CT molecular complexity index is 417. The van der Waals surface area contributed by atoms with Gasteiger partial charge >= 0.3 is 0 Å². The van der Waals surface area contributed by atoms with Crippen molar-refractivity contribution in [2.45, 2.75) is 31.7 Å². The van der Waals surface area contributed by atoms with Crippen molar-refractivity contribution in [3.05, 3.63) is 12.0 Å². The van der Waals surface area contributed by atoms with Gasteiger partial charge in [0.15, 0.2) is 12.4 Å². The molecule has 0 spiro atoms. The third-order valence-electron chi connectivity index (χ3n) is 1.85. The number of ether oxygens (including phenoxy) is 3. The van der Waals surface area contributed by atoms with Gasteiger partial charge in [-0.1, -0.05) is 18.7 Å². The second-order valence-electron chi connectivity index (χ2n) is 3.77. The molecular formula is C10H14N2O3S2. The van der Waals surface area contributed by atoms with Crippen LogP contribution in [0.1, 0.15) is 20.8 Å². The van der Waals surface area contributed by atoms with Gasteiger partial charge in [-0.15, -0.1) is 0 Å². The number of thioether (sulfide) groups is 1. The summed E-state index contributed by atoms with van der Waals surface area (Å²) >= 11 is 2.84. The molecule has 2 heterocycles. The fourth-order valence-corrected chi connectivity index (χ4v) is 2.43. The third kappa shape index (κ3) is 3.50. The molecule has 1 aliphatic heterocycles.